The molecule has 200 valence electrons. The zero-order chi connectivity index (χ0) is 26.5. The van der Waals surface area contributed by atoms with Gasteiger partial charge in [-0.25, -0.2) is 13.2 Å². The number of hydrogen-bond donors (Lipinski definition) is 1. The predicted octanol–water partition coefficient (Wildman–Crippen LogP) is 6.64. The Labute approximate surface area is 217 Å². The summed E-state index contributed by atoms with van der Waals surface area (Å²) in [6.45, 7) is 12.0. The van der Waals surface area contributed by atoms with Gasteiger partial charge in [-0.3, -0.25) is 9.80 Å². The minimum Gasteiger partial charge on any atom is -0.488 e. The smallest absolute Gasteiger partial charge is 0.135 e. The van der Waals surface area contributed by atoms with E-state index in [4.69, 9.17) is 4.74 Å². The van der Waals surface area contributed by atoms with E-state index in [0.29, 0.717) is 12.3 Å². The van der Waals surface area contributed by atoms with Crippen LogP contribution in [-0.2, 0) is 6.42 Å². The normalized spacial score (nSPS) is 21.4. The van der Waals surface area contributed by atoms with Gasteiger partial charge in [0, 0.05) is 60.0 Å². The fraction of sp³-hybridized carbons (Fsp3) is 0.533. The first-order chi connectivity index (χ1) is 17.5. The van der Waals surface area contributed by atoms with Crippen LogP contribution in [0.5, 0.6) is 5.75 Å². The average Bonchev–Trinajstić information content (AvgIpc) is 3.13. The topological polar surface area (TPSA) is 31.5 Å². The van der Waals surface area contributed by atoms with Crippen molar-refractivity contribution in [2.24, 2.45) is 5.92 Å². The maximum absolute atomic E-state index is 15.8. The molecule has 2 atom stereocenters. The van der Waals surface area contributed by atoms with E-state index in [1.54, 1.807) is 0 Å². The van der Waals surface area contributed by atoms with Gasteiger partial charge in [0.1, 0.15) is 29.2 Å². The quantitative estimate of drug-likeness (QED) is 0.366. The number of likely N-dealkylation sites (tertiary alicyclic amines) is 1. The highest BCUT2D eigenvalue weighted by Crippen LogP contribution is 2.43. The molecule has 37 heavy (non-hydrogen) atoms. The minimum atomic E-state index is -1.53. The molecular formula is C30H38F3N3O. The lowest BCUT2D eigenvalue weighted by Gasteiger charge is -2.43. The van der Waals surface area contributed by atoms with Gasteiger partial charge in [-0.05, 0) is 57.7 Å². The molecule has 0 amide bonds. The zero-order valence-electron chi connectivity index (χ0n) is 22.5. The molecule has 3 heterocycles. The first kappa shape index (κ1) is 26.1. The first-order valence-corrected chi connectivity index (χ1v) is 13.4. The fourth-order valence-electron chi connectivity index (χ4n) is 5.80. The number of alkyl halides is 1. The molecule has 0 unspecified atom stereocenters. The van der Waals surface area contributed by atoms with Gasteiger partial charge < -0.3 is 9.72 Å². The van der Waals surface area contributed by atoms with Crippen LogP contribution < -0.4 is 4.74 Å². The van der Waals surface area contributed by atoms with Gasteiger partial charge in [0.2, 0.25) is 0 Å². The van der Waals surface area contributed by atoms with Crippen molar-refractivity contribution in [2.75, 3.05) is 26.2 Å². The van der Waals surface area contributed by atoms with Crippen molar-refractivity contribution in [3.8, 4) is 5.75 Å². The van der Waals surface area contributed by atoms with Crippen LogP contribution in [0.3, 0.4) is 0 Å². The number of aromatic amines is 1. The zero-order valence-corrected chi connectivity index (χ0v) is 22.5. The van der Waals surface area contributed by atoms with Crippen molar-refractivity contribution >= 4 is 10.9 Å². The number of halogens is 3. The molecule has 0 saturated carbocycles. The largest absolute Gasteiger partial charge is 0.488 e. The molecule has 0 aliphatic carbocycles. The molecule has 0 spiro atoms. The highest BCUT2D eigenvalue weighted by molar-refractivity contribution is 5.85. The van der Waals surface area contributed by atoms with Gasteiger partial charge in [0.05, 0.1) is 6.04 Å². The van der Waals surface area contributed by atoms with Crippen LogP contribution in [0.1, 0.15) is 63.9 Å². The van der Waals surface area contributed by atoms with Crippen LogP contribution in [-0.4, -0.2) is 58.8 Å². The molecule has 2 aliphatic rings. The van der Waals surface area contributed by atoms with E-state index in [1.165, 1.54) is 26.0 Å². The van der Waals surface area contributed by atoms with E-state index in [1.807, 2.05) is 36.1 Å². The van der Waals surface area contributed by atoms with Gasteiger partial charge >= 0.3 is 0 Å². The number of H-pyrrole nitrogens is 1. The summed E-state index contributed by atoms with van der Waals surface area (Å²) in [5, 5.41) is 1.04. The van der Waals surface area contributed by atoms with E-state index in [-0.39, 0.29) is 30.0 Å². The molecule has 7 heteroatoms. The fourth-order valence-corrected chi connectivity index (χ4v) is 5.80. The number of hydrogen-bond acceptors (Lipinski definition) is 3. The summed E-state index contributed by atoms with van der Waals surface area (Å²) >= 11 is 0. The van der Waals surface area contributed by atoms with E-state index >= 15 is 8.78 Å². The van der Waals surface area contributed by atoms with Gasteiger partial charge in [0.25, 0.3) is 0 Å². The molecule has 4 nitrogen and oxygen atoms in total. The Kier molecular flexibility index (Phi) is 7.05. The van der Waals surface area contributed by atoms with Crippen molar-refractivity contribution in [2.45, 2.75) is 71.3 Å². The van der Waals surface area contributed by atoms with Crippen LogP contribution in [0.2, 0.25) is 0 Å². The predicted molar refractivity (Wildman–Crippen MR) is 142 cm³/mol. The second-order valence-electron chi connectivity index (χ2n) is 11.9. The van der Waals surface area contributed by atoms with E-state index in [9.17, 15) is 4.39 Å². The Morgan fingerprint density at radius 2 is 1.78 bits per heavy atom. The standard InChI is InChI=1S/C30H38F3N3O/c1-18(2)10-11-35-15-21(16-35)37-20-13-24(31)27(25(32)14-20)29-28-23(22-8-6-7-9-26(22)34-28)12-19(3)36(29)17-30(4,5)33/h6-9,13-14,18-19,21,29,34H,10-12,15-17H2,1-5H3/t19-,29-/m1/s1. The number of fused-ring (bicyclic) bond motifs is 3. The minimum absolute atomic E-state index is 0.0546. The average molecular weight is 514 g/mol. The van der Waals surface area contributed by atoms with E-state index < -0.39 is 23.3 Å². The maximum Gasteiger partial charge on any atom is 0.135 e. The third kappa shape index (κ3) is 5.39. The molecular weight excluding hydrogens is 475 g/mol. The van der Waals surface area contributed by atoms with E-state index in [2.05, 4.69) is 23.7 Å². The molecule has 2 aromatic carbocycles. The number of para-hydroxylation sites is 1. The Morgan fingerprint density at radius 1 is 1.11 bits per heavy atom. The summed E-state index contributed by atoms with van der Waals surface area (Å²) in [6.07, 6.45) is 1.72. The molecule has 0 bridgehead atoms. The third-order valence-corrected chi connectivity index (χ3v) is 7.65. The summed E-state index contributed by atoms with van der Waals surface area (Å²) in [5.74, 6) is -0.503. The van der Waals surface area contributed by atoms with Crippen LogP contribution in [0, 0.1) is 17.6 Å². The summed E-state index contributed by atoms with van der Waals surface area (Å²) in [6, 6.07) is 9.58. The monoisotopic (exact) mass is 513 g/mol. The van der Waals surface area contributed by atoms with Gasteiger partial charge in [0.15, 0.2) is 0 Å². The lowest BCUT2D eigenvalue weighted by atomic mass is 9.87. The Balaban J connectivity index is 1.46. The van der Waals surface area contributed by atoms with Crippen molar-refractivity contribution in [1.29, 1.82) is 0 Å². The second-order valence-corrected chi connectivity index (χ2v) is 11.9. The molecule has 1 saturated heterocycles. The lowest BCUT2D eigenvalue weighted by molar-refractivity contribution is 0.0170. The van der Waals surface area contributed by atoms with E-state index in [0.717, 1.165) is 48.2 Å². The van der Waals surface area contributed by atoms with Crippen LogP contribution in [0.15, 0.2) is 36.4 Å². The Bertz CT molecular complexity index is 1240. The summed E-state index contributed by atoms with van der Waals surface area (Å²) in [7, 11) is 0. The number of benzene rings is 2. The Morgan fingerprint density at radius 3 is 2.43 bits per heavy atom. The van der Waals surface area contributed by atoms with Gasteiger partial charge in [-0.2, -0.15) is 0 Å². The SMILES string of the molecule is CC(C)CCN1CC(Oc2cc(F)c([C@@H]3c4[nH]c5ccccc5c4C[C@@H](C)N3CC(C)(C)F)c(F)c2)C1. The lowest BCUT2D eigenvalue weighted by Crippen LogP contribution is -2.54. The second kappa shape index (κ2) is 9.99. The molecule has 0 radical (unpaired) electrons. The molecule has 1 fully saturated rings. The molecule has 2 aliphatic heterocycles. The first-order valence-electron chi connectivity index (χ1n) is 13.4. The number of nitrogens with zero attached hydrogens (tertiary/aromatic N) is 2. The summed E-state index contributed by atoms with van der Waals surface area (Å²) < 4.78 is 52.4. The van der Waals surface area contributed by atoms with Gasteiger partial charge in [-0.1, -0.05) is 32.0 Å². The third-order valence-electron chi connectivity index (χ3n) is 7.65. The highest BCUT2D eigenvalue weighted by atomic mass is 19.1. The number of rotatable bonds is 8. The van der Waals surface area contributed by atoms with Crippen molar-refractivity contribution < 1.29 is 17.9 Å². The number of aromatic nitrogens is 1. The van der Waals surface area contributed by atoms with Crippen LogP contribution in [0.4, 0.5) is 13.2 Å². The molecule has 1 N–H and O–H groups in total. The summed E-state index contributed by atoms with van der Waals surface area (Å²) in [5.41, 5.74) is 1.09. The molecule has 3 aromatic rings. The van der Waals surface area contributed by atoms with Gasteiger partial charge in [-0.15, -0.1) is 0 Å². The van der Waals surface area contributed by atoms with Crippen LogP contribution >= 0.6 is 0 Å². The molecule has 1 aromatic heterocycles. The van der Waals surface area contributed by atoms with Crippen LogP contribution in [0.25, 0.3) is 10.9 Å². The summed E-state index contributed by atoms with van der Waals surface area (Å²) in [4.78, 5) is 7.59. The van der Waals surface area contributed by atoms with Crippen molar-refractivity contribution in [3.63, 3.8) is 0 Å². The molecule has 5 rings (SSSR count). The number of ether oxygens (including phenoxy) is 1. The van der Waals surface area contributed by atoms with Crippen molar-refractivity contribution in [1.82, 2.24) is 14.8 Å². The Hall–Kier alpha value is -2.51. The highest BCUT2D eigenvalue weighted by Gasteiger charge is 2.41. The number of nitrogens with one attached hydrogen (secondary N) is 1. The van der Waals surface area contributed by atoms with Crippen molar-refractivity contribution in [3.05, 3.63) is 64.9 Å². The maximum atomic E-state index is 15.8.